The lowest BCUT2D eigenvalue weighted by Gasteiger charge is -2.32. The minimum absolute atomic E-state index is 0.103. The molecular formula is C15H23N3O3. The van der Waals surface area contributed by atoms with Gasteiger partial charge in [0, 0.05) is 13.1 Å². The van der Waals surface area contributed by atoms with Gasteiger partial charge in [-0.2, -0.15) is 0 Å². The van der Waals surface area contributed by atoms with Gasteiger partial charge in [-0.15, -0.1) is 0 Å². The van der Waals surface area contributed by atoms with Gasteiger partial charge in [0.2, 0.25) is 5.91 Å². The van der Waals surface area contributed by atoms with Gasteiger partial charge in [-0.3, -0.25) is 9.59 Å². The monoisotopic (exact) mass is 293 g/mol. The zero-order chi connectivity index (χ0) is 15.0. The Morgan fingerprint density at radius 1 is 1.10 bits per heavy atom. The summed E-state index contributed by atoms with van der Waals surface area (Å²) in [5.41, 5.74) is -0.729. The fourth-order valence-corrected chi connectivity index (χ4v) is 3.80. The Labute approximate surface area is 124 Å². The molecule has 21 heavy (non-hydrogen) atoms. The number of hydrogen-bond donors (Lipinski definition) is 1. The highest BCUT2D eigenvalue weighted by Crippen LogP contribution is 2.36. The third-order valence-corrected chi connectivity index (χ3v) is 5.06. The molecule has 6 heteroatoms. The van der Waals surface area contributed by atoms with E-state index in [-0.39, 0.29) is 11.8 Å². The van der Waals surface area contributed by atoms with Crippen molar-refractivity contribution in [1.82, 2.24) is 15.1 Å². The van der Waals surface area contributed by atoms with Crippen molar-refractivity contribution in [2.75, 3.05) is 13.1 Å². The number of carbonyl (C=O) groups excluding carboxylic acids is 3. The lowest BCUT2D eigenvalue weighted by Crippen LogP contribution is -2.52. The topological polar surface area (TPSA) is 69.7 Å². The van der Waals surface area contributed by atoms with Crippen molar-refractivity contribution in [3.63, 3.8) is 0 Å². The summed E-state index contributed by atoms with van der Waals surface area (Å²) in [6.45, 7) is 3.14. The molecule has 3 fully saturated rings. The van der Waals surface area contributed by atoms with Crippen LogP contribution in [-0.4, -0.2) is 52.3 Å². The second kappa shape index (κ2) is 5.31. The zero-order valence-corrected chi connectivity index (χ0v) is 12.6. The minimum Gasteiger partial charge on any atom is -0.341 e. The number of hydrogen-bond acceptors (Lipinski definition) is 3. The third-order valence-electron chi connectivity index (χ3n) is 5.06. The number of piperidine rings is 1. The van der Waals surface area contributed by atoms with Crippen LogP contribution >= 0.6 is 0 Å². The maximum absolute atomic E-state index is 12.6. The summed E-state index contributed by atoms with van der Waals surface area (Å²) < 4.78 is 0. The average Bonchev–Trinajstić information content (AvgIpc) is 3.05. The van der Waals surface area contributed by atoms with Crippen LogP contribution < -0.4 is 5.32 Å². The van der Waals surface area contributed by atoms with Crippen molar-refractivity contribution in [2.24, 2.45) is 0 Å². The number of imide groups is 1. The molecule has 1 atom stereocenters. The molecule has 1 aliphatic carbocycles. The van der Waals surface area contributed by atoms with E-state index in [1.54, 1.807) is 11.8 Å². The maximum Gasteiger partial charge on any atom is 0.325 e. The highest BCUT2D eigenvalue weighted by atomic mass is 16.2. The second-order valence-electron chi connectivity index (χ2n) is 6.46. The molecule has 6 nitrogen and oxygen atoms in total. The largest absolute Gasteiger partial charge is 0.341 e. The van der Waals surface area contributed by atoms with Gasteiger partial charge in [-0.25, -0.2) is 9.69 Å². The third kappa shape index (κ3) is 2.30. The van der Waals surface area contributed by atoms with E-state index in [9.17, 15) is 14.4 Å². The summed E-state index contributed by atoms with van der Waals surface area (Å²) in [5.74, 6) is -0.309. The van der Waals surface area contributed by atoms with Gasteiger partial charge in [0.05, 0.1) is 0 Å². The van der Waals surface area contributed by atoms with Crippen molar-refractivity contribution in [3.8, 4) is 0 Å². The Morgan fingerprint density at radius 3 is 2.33 bits per heavy atom. The normalized spacial score (nSPS) is 26.3. The van der Waals surface area contributed by atoms with Crippen molar-refractivity contribution < 1.29 is 14.4 Å². The molecule has 1 spiro atoms. The SMILES string of the molecule is C[C@@H](C(=O)N1CCCCC1)N1C(=O)NC2(CCCC2)C1=O. The molecule has 0 unspecified atom stereocenters. The number of urea groups is 1. The highest BCUT2D eigenvalue weighted by Gasteiger charge is 2.54. The summed E-state index contributed by atoms with van der Waals surface area (Å²) in [5, 5.41) is 2.83. The van der Waals surface area contributed by atoms with Gasteiger partial charge in [0.1, 0.15) is 11.6 Å². The second-order valence-corrected chi connectivity index (χ2v) is 6.46. The lowest BCUT2D eigenvalue weighted by atomic mass is 9.97. The fraction of sp³-hybridized carbons (Fsp3) is 0.800. The van der Waals surface area contributed by atoms with E-state index in [1.807, 2.05) is 0 Å². The first-order valence-corrected chi connectivity index (χ1v) is 8.00. The van der Waals surface area contributed by atoms with Crippen LogP contribution in [0.3, 0.4) is 0 Å². The molecule has 3 aliphatic rings. The van der Waals surface area contributed by atoms with E-state index in [1.165, 1.54) is 0 Å². The van der Waals surface area contributed by atoms with Gasteiger partial charge in [-0.05, 0) is 39.0 Å². The van der Waals surface area contributed by atoms with Crippen LogP contribution in [0.15, 0.2) is 0 Å². The molecular weight excluding hydrogens is 270 g/mol. The first-order chi connectivity index (χ1) is 10.1. The molecule has 116 valence electrons. The van der Waals surface area contributed by atoms with Gasteiger partial charge >= 0.3 is 6.03 Å². The van der Waals surface area contributed by atoms with E-state index >= 15 is 0 Å². The van der Waals surface area contributed by atoms with Gasteiger partial charge < -0.3 is 10.2 Å². The Morgan fingerprint density at radius 2 is 1.71 bits per heavy atom. The average molecular weight is 293 g/mol. The molecule has 0 aromatic rings. The molecule has 0 aromatic heterocycles. The number of likely N-dealkylation sites (tertiary alicyclic amines) is 1. The predicted molar refractivity (Wildman–Crippen MR) is 76.5 cm³/mol. The maximum atomic E-state index is 12.6. The van der Waals surface area contributed by atoms with Crippen LogP contribution in [0, 0.1) is 0 Å². The number of rotatable bonds is 2. The van der Waals surface area contributed by atoms with Crippen molar-refractivity contribution in [2.45, 2.75) is 63.5 Å². The van der Waals surface area contributed by atoms with Crippen LogP contribution in [0.5, 0.6) is 0 Å². The Kier molecular flexibility index (Phi) is 3.63. The molecule has 2 saturated heterocycles. The zero-order valence-electron chi connectivity index (χ0n) is 12.6. The number of amides is 4. The predicted octanol–water partition coefficient (Wildman–Crippen LogP) is 1.25. The molecule has 2 heterocycles. The molecule has 1 saturated carbocycles. The smallest absolute Gasteiger partial charge is 0.325 e. The Bertz CT molecular complexity index is 465. The Balaban J connectivity index is 1.74. The first-order valence-electron chi connectivity index (χ1n) is 8.00. The highest BCUT2D eigenvalue weighted by molar-refractivity contribution is 6.09. The van der Waals surface area contributed by atoms with E-state index in [4.69, 9.17) is 0 Å². The van der Waals surface area contributed by atoms with Crippen LogP contribution in [0.25, 0.3) is 0 Å². The molecule has 0 radical (unpaired) electrons. The molecule has 0 bridgehead atoms. The number of carbonyl (C=O) groups is 3. The van der Waals surface area contributed by atoms with E-state index in [0.717, 1.165) is 50.1 Å². The van der Waals surface area contributed by atoms with Crippen molar-refractivity contribution in [3.05, 3.63) is 0 Å². The quantitative estimate of drug-likeness (QED) is 0.779. The first kappa shape index (κ1) is 14.4. The number of nitrogens with one attached hydrogen (secondary N) is 1. The molecule has 2 aliphatic heterocycles. The molecule has 3 rings (SSSR count). The van der Waals surface area contributed by atoms with Crippen LogP contribution in [0.4, 0.5) is 4.79 Å². The van der Waals surface area contributed by atoms with Gasteiger partial charge in [0.15, 0.2) is 0 Å². The van der Waals surface area contributed by atoms with E-state index < -0.39 is 17.6 Å². The van der Waals surface area contributed by atoms with Gasteiger partial charge in [-0.1, -0.05) is 12.8 Å². The molecule has 4 amide bonds. The van der Waals surface area contributed by atoms with E-state index in [0.29, 0.717) is 12.8 Å². The van der Waals surface area contributed by atoms with Crippen molar-refractivity contribution in [1.29, 1.82) is 0 Å². The minimum atomic E-state index is -0.729. The standard InChI is InChI=1S/C15H23N3O3/c1-11(12(19)17-9-5-2-6-10-17)18-13(20)15(16-14(18)21)7-3-4-8-15/h11H,2-10H2,1H3,(H,16,21)/t11-/m0/s1. The molecule has 0 aromatic carbocycles. The summed E-state index contributed by atoms with van der Waals surface area (Å²) in [6.07, 6.45) is 6.44. The van der Waals surface area contributed by atoms with E-state index in [2.05, 4.69) is 5.32 Å². The van der Waals surface area contributed by atoms with Crippen LogP contribution in [-0.2, 0) is 9.59 Å². The van der Waals surface area contributed by atoms with Crippen LogP contribution in [0.1, 0.15) is 51.9 Å². The summed E-state index contributed by atoms with van der Waals surface area (Å²) >= 11 is 0. The summed E-state index contributed by atoms with van der Waals surface area (Å²) in [4.78, 5) is 40.3. The molecule has 1 N–H and O–H groups in total. The lowest BCUT2D eigenvalue weighted by molar-refractivity contribution is -0.143. The fourth-order valence-electron chi connectivity index (χ4n) is 3.80. The summed E-state index contributed by atoms with van der Waals surface area (Å²) in [6, 6.07) is -1.10. The van der Waals surface area contributed by atoms with Crippen LogP contribution in [0.2, 0.25) is 0 Å². The number of nitrogens with zero attached hydrogens (tertiary/aromatic N) is 2. The van der Waals surface area contributed by atoms with Gasteiger partial charge in [0.25, 0.3) is 5.91 Å². The Hall–Kier alpha value is -1.59. The summed E-state index contributed by atoms with van der Waals surface area (Å²) in [7, 11) is 0. The van der Waals surface area contributed by atoms with Crippen molar-refractivity contribution >= 4 is 17.8 Å².